The van der Waals surface area contributed by atoms with Crippen molar-refractivity contribution in [1.82, 2.24) is 10.6 Å². The van der Waals surface area contributed by atoms with Gasteiger partial charge in [0.2, 0.25) is 0 Å². The van der Waals surface area contributed by atoms with Crippen LogP contribution in [0.1, 0.15) is 13.8 Å². The van der Waals surface area contributed by atoms with E-state index >= 15 is 0 Å². The number of hydrogen-bond acceptors (Lipinski definition) is 4. The van der Waals surface area contributed by atoms with Crippen LogP contribution in [0.3, 0.4) is 0 Å². The lowest BCUT2D eigenvalue weighted by Gasteiger charge is -2.11. The molecular weight excluding hydrogens is 176 g/mol. The van der Waals surface area contributed by atoms with Crippen LogP contribution in [0.5, 0.6) is 0 Å². The van der Waals surface area contributed by atoms with E-state index in [-0.39, 0.29) is 5.48 Å². The minimum atomic E-state index is 0. The van der Waals surface area contributed by atoms with Crippen molar-refractivity contribution in [3.8, 4) is 0 Å². The molecule has 1 fully saturated rings. The highest BCUT2D eigenvalue weighted by Crippen LogP contribution is 1.99. The average molecular weight is 196 g/mol. The Morgan fingerprint density at radius 3 is 1.42 bits per heavy atom. The van der Waals surface area contributed by atoms with Crippen LogP contribution in [0.25, 0.3) is 0 Å². The lowest BCUT2D eigenvalue weighted by Crippen LogP contribution is -2.39. The minimum absolute atomic E-state index is 0. The molecule has 1 aliphatic heterocycles. The van der Waals surface area contributed by atoms with Crippen molar-refractivity contribution in [3.05, 3.63) is 0 Å². The SMILES string of the molecule is C1CNCCN1.CC(C)SO.O. The summed E-state index contributed by atoms with van der Waals surface area (Å²) in [6.45, 7) is 8.43. The molecule has 0 saturated carbocycles. The Balaban J connectivity index is 0. The molecule has 0 aromatic carbocycles. The number of rotatable bonds is 1. The van der Waals surface area contributed by atoms with Gasteiger partial charge in [-0.15, -0.1) is 0 Å². The Hall–Kier alpha value is 0.190. The van der Waals surface area contributed by atoms with Crippen molar-refractivity contribution in [1.29, 1.82) is 0 Å². The number of hydrogen-bond donors (Lipinski definition) is 3. The summed E-state index contributed by atoms with van der Waals surface area (Å²) in [5, 5.41) is 6.80. The Kier molecular flexibility index (Phi) is 13.7. The van der Waals surface area contributed by atoms with Crippen molar-refractivity contribution in [2.24, 2.45) is 0 Å². The maximum Gasteiger partial charge on any atom is 0.0252 e. The second kappa shape index (κ2) is 11.2. The zero-order valence-corrected chi connectivity index (χ0v) is 8.58. The first-order valence-electron chi connectivity index (χ1n) is 3.99. The molecule has 1 aliphatic rings. The third-order valence-electron chi connectivity index (χ3n) is 1.17. The first-order valence-corrected chi connectivity index (χ1v) is 4.82. The van der Waals surface area contributed by atoms with Gasteiger partial charge in [0.1, 0.15) is 0 Å². The molecule has 1 saturated heterocycles. The molecule has 1 rings (SSSR count). The van der Waals surface area contributed by atoms with Crippen LogP contribution in [0.15, 0.2) is 0 Å². The smallest absolute Gasteiger partial charge is 0.0252 e. The molecule has 0 aliphatic carbocycles. The van der Waals surface area contributed by atoms with Crippen molar-refractivity contribution in [2.45, 2.75) is 19.1 Å². The fourth-order valence-electron chi connectivity index (χ4n) is 0.604. The molecule has 0 aromatic heterocycles. The first kappa shape index (κ1) is 14.7. The van der Waals surface area contributed by atoms with Crippen LogP contribution in [0, 0.1) is 0 Å². The van der Waals surface area contributed by atoms with Gasteiger partial charge in [-0.1, -0.05) is 13.8 Å². The van der Waals surface area contributed by atoms with Gasteiger partial charge in [0.05, 0.1) is 0 Å². The summed E-state index contributed by atoms with van der Waals surface area (Å²) < 4.78 is 8.06. The number of nitrogens with one attached hydrogen (secondary N) is 2. The van der Waals surface area contributed by atoms with E-state index in [2.05, 4.69) is 10.6 Å². The summed E-state index contributed by atoms with van der Waals surface area (Å²) in [7, 11) is 0. The topological polar surface area (TPSA) is 75.8 Å². The van der Waals surface area contributed by atoms with Gasteiger partial charge in [-0.3, -0.25) is 0 Å². The zero-order chi connectivity index (χ0) is 8.53. The van der Waals surface area contributed by atoms with E-state index < -0.39 is 0 Å². The largest absolute Gasteiger partial charge is 0.412 e. The third kappa shape index (κ3) is 12.8. The maximum absolute atomic E-state index is 8.06. The summed E-state index contributed by atoms with van der Waals surface area (Å²) >= 11 is 0.880. The third-order valence-corrected chi connectivity index (χ3v) is 1.59. The van der Waals surface area contributed by atoms with Gasteiger partial charge in [0.15, 0.2) is 0 Å². The van der Waals surface area contributed by atoms with Gasteiger partial charge in [0.25, 0.3) is 0 Å². The zero-order valence-electron chi connectivity index (χ0n) is 7.76. The lowest BCUT2D eigenvalue weighted by atomic mass is 10.4. The van der Waals surface area contributed by atoms with Crippen LogP contribution in [-0.2, 0) is 0 Å². The Morgan fingerprint density at radius 2 is 1.33 bits per heavy atom. The maximum atomic E-state index is 8.06. The Bertz CT molecular complexity index is 68.3. The molecule has 0 aromatic rings. The van der Waals surface area contributed by atoms with E-state index in [1.54, 1.807) is 0 Å². The fourth-order valence-corrected chi connectivity index (χ4v) is 0.604. The van der Waals surface area contributed by atoms with Crippen LogP contribution < -0.4 is 10.6 Å². The molecule has 5 heteroatoms. The Labute approximate surface area is 78.6 Å². The molecule has 0 atom stereocenters. The van der Waals surface area contributed by atoms with Crippen LogP contribution in [-0.4, -0.2) is 41.5 Å². The van der Waals surface area contributed by atoms with Crippen LogP contribution in [0.2, 0.25) is 0 Å². The molecule has 0 unspecified atom stereocenters. The van der Waals surface area contributed by atoms with Gasteiger partial charge in [0, 0.05) is 31.4 Å². The highest BCUT2D eigenvalue weighted by molar-refractivity contribution is 7.94. The van der Waals surface area contributed by atoms with Gasteiger partial charge in [-0.25, -0.2) is 0 Å². The summed E-state index contributed by atoms with van der Waals surface area (Å²) in [5.74, 6) is 0. The van der Waals surface area contributed by atoms with Crippen LogP contribution >= 0.6 is 12.0 Å². The van der Waals surface area contributed by atoms with Gasteiger partial charge < -0.3 is 20.7 Å². The van der Waals surface area contributed by atoms with E-state index in [1.807, 2.05) is 13.8 Å². The van der Waals surface area contributed by atoms with Crippen molar-refractivity contribution < 1.29 is 10.0 Å². The summed E-state index contributed by atoms with van der Waals surface area (Å²) in [4.78, 5) is 0. The van der Waals surface area contributed by atoms with Gasteiger partial charge >= 0.3 is 0 Å². The van der Waals surface area contributed by atoms with E-state index in [0.717, 1.165) is 38.2 Å². The minimum Gasteiger partial charge on any atom is -0.412 e. The van der Waals surface area contributed by atoms with Gasteiger partial charge in [-0.05, 0) is 12.0 Å². The van der Waals surface area contributed by atoms with E-state index in [9.17, 15) is 0 Å². The normalized spacial score (nSPS) is 16.0. The van der Waals surface area contributed by atoms with E-state index in [1.165, 1.54) is 0 Å². The summed E-state index contributed by atoms with van der Waals surface area (Å²) in [6.07, 6.45) is 0. The highest BCUT2D eigenvalue weighted by atomic mass is 32.2. The van der Waals surface area contributed by atoms with E-state index in [0.29, 0.717) is 5.25 Å². The monoisotopic (exact) mass is 196 g/mol. The molecule has 0 radical (unpaired) electrons. The fraction of sp³-hybridized carbons (Fsp3) is 1.00. The molecule has 4 nitrogen and oxygen atoms in total. The Morgan fingerprint density at radius 1 is 1.08 bits per heavy atom. The molecule has 0 spiro atoms. The number of piperazine rings is 1. The predicted octanol–water partition coefficient (Wildman–Crippen LogP) is -0.0445. The van der Waals surface area contributed by atoms with E-state index in [4.69, 9.17) is 4.55 Å². The standard InChI is InChI=1S/C4H10N2.C3H8OS.H2O/c1-2-6-4-3-5-1;1-3(2)5-4;/h5-6H,1-4H2;3-4H,1-2H3;1H2. The van der Waals surface area contributed by atoms with Crippen molar-refractivity contribution in [3.63, 3.8) is 0 Å². The molecular formula is C7H20N2O2S. The van der Waals surface area contributed by atoms with Crippen molar-refractivity contribution >= 4 is 12.0 Å². The van der Waals surface area contributed by atoms with Crippen LogP contribution in [0.4, 0.5) is 0 Å². The molecule has 0 bridgehead atoms. The summed E-state index contributed by atoms with van der Waals surface area (Å²) in [6, 6.07) is 0. The molecule has 12 heavy (non-hydrogen) atoms. The average Bonchev–Trinajstić information content (AvgIpc) is 2.09. The second-order valence-electron chi connectivity index (χ2n) is 2.65. The predicted molar refractivity (Wildman–Crippen MR) is 54.7 cm³/mol. The van der Waals surface area contributed by atoms with Gasteiger partial charge in [-0.2, -0.15) is 0 Å². The molecule has 76 valence electrons. The summed E-state index contributed by atoms with van der Waals surface area (Å²) in [5.41, 5.74) is 0. The highest BCUT2D eigenvalue weighted by Gasteiger charge is 1.91. The molecule has 1 heterocycles. The molecule has 0 amide bonds. The second-order valence-corrected chi connectivity index (χ2v) is 3.81. The quantitative estimate of drug-likeness (QED) is 0.514. The van der Waals surface area contributed by atoms with Crippen molar-refractivity contribution in [2.75, 3.05) is 26.2 Å². The first-order chi connectivity index (χ1) is 5.27. The molecule has 5 N–H and O–H groups in total. The lowest BCUT2D eigenvalue weighted by molar-refractivity contribution is 0.534.